The van der Waals surface area contributed by atoms with Crippen LogP contribution in [0.5, 0.6) is 0 Å². The molecule has 1 aliphatic heterocycles. The first-order chi connectivity index (χ1) is 11.1. The number of sulfonamides is 1. The van der Waals surface area contributed by atoms with E-state index in [1.165, 1.54) is 0 Å². The van der Waals surface area contributed by atoms with E-state index < -0.39 is 10.0 Å². The zero-order chi connectivity index (χ0) is 15.9. The molecule has 3 heterocycles. The summed E-state index contributed by atoms with van der Waals surface area (Å²) in [4.78, 5) is 11.1. The van der Waals surface area contributed by atoms with Crippen molar-refractivity contribution in [2.24, 2.45) is 5.92 Å². The van der Waals surface area contributed by atoms with E-state index in [0.29, 0.717) is 12.5 Å². The molecule has 0 amide bonds. The summed E-state index contributed by atoms with van der Waals surface area (Å²) in [6.45, 7) is 2.27. The van der Waals surface area contributed by atoms with Crippen LogP contribution in [0.25, 0.3) is 5.65 Å². The molecule has 1 unspecified atom stereocenters. The number of fused-ring (bicyclic) bond motifs is 1. The van der Waals surface area contributed by atoms with Gasteiger partial charge in [0.25, 0.3) is 0 Å². The molecule has 2 aromatic rings. The molecule has 8 heteroatoms. The van der Waals surface area contributed by atoms with Crippen LogP contribution in [-0.4, -0.2) is 47.7 Å². The van der Waals surface area contributed by atoms with Gasteiger partial charge in [0.15, 0.2) is 11.5 Å². The van der Waals surface area contributed by atoms with Crippen molar-refractivity contribution in [3.8, 4) is 0 Å². The molecule has 1 saturated carbocycles. The molecule has 2 fully saturated rings. The Kier molecular flexibility index (Phi) is 3.73. The maximum Gasteiger partial charge on any atom is 0.214 e. The van der Waals surface area contributed by atoms with Crippen LogP contribution in [0.4, 0.5) is 5.82 Å². The highest BCUT2D eigenvalue weighted by Crippen LogP contribution is 2.28. The molecule has 2 aliphatic rings. The fourth-order valence-corrected chi connectivity index (χ4v) is 4.68. The molecule has 23 heavy (non-hydrogen) atoms. The van der Waals surface area contributed by atoms with Crippen molar-refractivity contribution in [1.29, 1.82) is 0 Å². The average molecular weight is 335 g/mol. The van der Waals surface area contributed by atoms with Gasteiger partial charge in [-0.1, -0.05) is 0 Å². The van der Waals surface area contributed by atoms with Gasteiger partial charge in [-0.2, -0.15) is 0 Å². The molecule has 1 saturated heterocycles. The van der Waals surface area contributed by atoms with Gasteiger partial charge in [-0.25, -0.2) is 23.1 Å². The Labute approximate surface area is 135 Å². The zero-order valence-corrected chi connectivity index (χ0v) is 13.7. The Morgan fingerprint density at radius 2 is 1.96 bits per heavy atom. The van der Waals surface area contributed by atoms with Gasteiger partial charge in [0.05, 0.1) is 5.25 Å². The molecule has 0 aromatic carbocycles. The maximum atomic E-state index is 12.0. The zero-order valence-electron chi connectivity index (χ0n) is 12.9. The lowest BCUT2D eigenvalue weighted by Gasteiger charge is -2.33. The molecule has 1 aliphatic carbocycles. The van der Waals surface area contributed by atoms with Crippen molar-refractivity contribution in [2.45, 2.75) is 30.9 Å². The molecule has 124 valence electrons. The third-order valence-corrected chi connectivity index (χ3v) is 6.57. The van der Waals surface area contributed by atoms with Gasteiger partial charge < -0.3 is 9.30 Å². The number of piperidine rings is 1. The minimum atomic E-state index is -3.09. The van der Waals surface area contributed by atoms with Crippen LogP contribution >= 0.6 is 0 Å². The minimum absolute atomic E-state index is 0.150. The van der Waals surface area contributed by atoms with E-state index >= 15 is 0 Å². The predicted molar refractivity (Wildman–Crippen MR) is 87.9 cm³/mol. The number of aromatic nitrogens is 3. The second kappa shape index (κ2) is 5.76. The van der Waals surface area contributed by atoms with Gasteiger partial charge in [0, 0.05) is 44.4 Å². The van der Waals surface area contributed by atoms with Gasteiger partial charge in [0.2, 0.25) is 10.0 Å². The van der Waals surface area contributed by atoms with Crippen LogP contribution in [-0.2, 0) is 10.0 Å². The van der Waals surface area contributed by atoms with E-state index in [1.807, 2.05) is 16.8 Å². The lowest BCUT2D eigenvalue weighted by molar-refractivity contribution is 0.409. The van der Waals surface area contributed by atoms with Gasteiger partial charge >= 0.3 is 0 Å². The Hall–Kier alpha value is -1.67. The van der Waals surface area contributed by atoms with E-state index in [2.05, 4.69) is 19.6 Å². The van der Waals surface area contributed by atoms with Crippen LogP contribution in [0.2, 0.25) is 0 Å². The normalized spacial score (nSPS) is 22.6. The second-order valence-electron chi connectivity index (χ2n) is 6.46. The summed E-state index contributed by atoms with van der Waals surface area (Å²) < 4.78 is 28.7. The van der Waals surface area contributed by atoms with Crippen LogP contribution in [0.1, 0.15) is 25.7 Å². The van der Waals surface area contributed by atoms with E-state index in [9.17, 15) is 8.42 Å². The van der Waals surface area contributed by atoms with Crippen molar-refractivity contribution < 1.29 is 8.42 Å². The summed E-state index contributed by atoms with van der Waals surface area (Å²) in [6, 6.07) is 0. The van der Waals surface area contributed by atoms with Gasteiger partial charge in [-0.15, -0.1) is 0 Å². The maximum absolute atomic E-state index is 12.0. The predicted octanol–water partition coefficient (Wildman–Crippen LogP) is 1.03. The molecular formula is C15H21N5O2S. The van der Waals surface area contributed by atoms with E-state index in [-0.39, 0.29) is 5.25 Å². The molecule has 1 N–H and O–H groups in total. The number of hydrogen-bond acceptors (Lipinski definition) is 5. The first-order valence-corrected chi connectivity index (χ1v) is 9.69. The lowest BCUT2D eigenvalue weighted by atomic mass is 9.98. The largest absolute Gasteiger partial charge is 0.353 e. The molecule has 0 bridgehead atoms. The van der Waals surface area contributed by atoms with Crippen molar-refractivity contribution in [3.05, 3.63) is 24.8 Å². The van der Waals surface area contributed by atoms with Crippen LogP contribution in [0, 0.1) is 5.92 Å². The first-order valence-electron chi connectivity index (χ1n) is 8.14. The smallest absolute Gasteiger partial charge is 0.214 e. The summed E-state index contributed by atoms with van der Waals surface area (Å²) in [6.07, 6.45) is 11.0. The Morgan fingerprint density at radius 3 is 2.74 bits per heavy atom. The Morgan fingerprint density at radius 1 is 1.17 bits per heavy atom. The van der Waals surface area contributed by atoms with Crippen LogP contribution < -0.4 is 9.62 Å². The van der Waals surface area contributed by atoms with Crippen LogP contribution in [0.3, 0.4) is 0 Å². The highest BCUT2D eigenvalue weighted by Gasteiger charge is 2.36. The second-order valence-corrected chi connectivity index (χ2v) is 8.50. The monoisotopic (exact) mass is 335 g/mol. The van der Waals surface area contributed by atoms with Crippen molar-refractivity contribution in [3.63, 3.8) is 0 Å². The molecule has 0 radical (unpaired) electrons. The third-order valence-electron chi connectivity index (χ3n) is 4.65. The lowest BCUT2D eigenvalue weighted by Crippen LogP contribution is -2.42. The molecule has 7 nitrogen and oxygen atoms in total. The summed E-state index contributed by atoms with van der Waals surface area (Å²) in [5.74, 6) is 1.20. The number of nitrogens with one attached hydrogen (secondary N) is 1. The van der Waals surface area contributed by atoms with Gasteiger partial charge in [-0.05, 0) is 31.6 Å². The number of imidazole rings is 1. The van der Waals surface area contributed by atoms with Gasteiger partial charge in [-0.3, -0.25) is 0 Å². The average Bonchev–Trinajstić information content (AvgIpc) is 3.32. The number of anilines is 1. The summed E-state index contributed by atoms with van der Waals surface area (Å²) in [5, 5.41) is -0.150. The molecular weight excluding hydrogens is 314 g/mol. The highest BCUT2D eigenvalue weighted by molar-refractivity contribution is 7.90. The standard InChI is InChI=1S/C15H21N5O2S/c21-23(22,13-3-4-13)18-10-12-2-1-7-20(11-12)15-14-16-5-8-19(14)9-6-17-15/h5-6,8-9,12-13,18H,1-4,7,10-11H2. The van der Waals surface area contributed by atoms with Gasteiger partial charge in [0.1, 0.15) is 0 Å². The van der Waals surface area contributed by atoms with Crippen molar-refractivity contribution in [2.75, 3.05) is 24.5 Å². The van der Waals surface area contributed by atoms with E-state index in [4.69, 9.17) is 0 Å². The van der Waals surface area contributed by atoms with E-state index in [0.717, 1.165) is 50.2 Å². The fourth-order valence-electron chi connectivity index (χ4n) is 3.22. The molecule has 0 spiro atoms. The van der Waals surface area contributed by atoms with Crippen molar-refractivity contribution >= 4 is 21.5 Å². The summed E-state index contributed by atoms with van der Waals surface area (Å²) in [5.41, 5.74) is 0.853. The molecule has 2 aromatic heterocycles. The number of nitrogens with zero attached hydrogens (tertiary/aromatic N) is 4. The quantitative estimate of drug-likeness (QED) is 0.883. The minimum Gasteiger partial charge on any atom is -0.353 e. The highest BCUT2D eigenvalue weighted by atomic mass is 32.2. The SMILES string of the molecule is O=S(=O)(NCC1CCCN(c2nccn3ccnc23)C1)C1CC1. The molecule has 1 atom stereocenters. The number of rotatable bonds is 5. The number of hydrogen-bond donors (Lipinski definition) is 1. The summed E-state index contributed by atoms with van der Waals surface area (Å²) in [7, 11) is -3.09. The summed E-state index contributed by atoms with van der Waals surface area (Å²) >= 11 is 0. The fraction of sp³-hybridized carbons (Fsp3) is 0.600. The molecule has 4 rings (SSSR count). The van der Waals surface area contributed by atoms with E-state index in [1.54, 1.807) is 12.4 Å². The first kappa shape index (κ1) is 14.9. The van der Waals surface area contributed by atoms with Crippen molar-refractivity contribution in [1.82, 2.24) is 19.1 Å². The Balaban J connectivity index is 1.45. The Bertz CT molecular complexity index is 799. The topological polar surface area (TPSA) is 79.6 Å². The third kappa shape index (κ3) is 3.05. The van der Waals surface area contributed by atoms with Crippen LogP contribution in [0.15, 0.2) is 24.8 Å².